The van der Waals surface area contributed by atoms with Crippen LogP contribution < -0.4 is 14.8 Å². The summed E-state index contributed by atoms with van der Waals surface area (Å²) < 4.78 is 11.4. The number of anilines is 1. The normalized spacial score (nSPS) is 10.9. The summed E-state index contributed by atoms with van der Waals surface area (Å²) in [5.41, 5.74) is 0.892. The number of rotatable bonds is 9. The van der Waals surface area contributed by atoms with Gasteiger partial charge in [0.15, 0.2) is 11.5 Å². The number of nitrogens with zero attached hydrogens (tertiary/aromatic N) is 1. The van der Waals surface area contributed by atoms with E-state index in [4.69, 9.17) is 32.7 Å². The molecular formula is C22H22Cl2N2O3. The Kier molecular flexibility index (Phi) is 8.85. The summed E-state index contributed by atoms with van der Waals surface area (Å²) in [7, 11) is 0. The van der Waals surface area contributed by atoms with E-state index in [9.17, 15) is 10.1 Å². The first-order valence-electron chi connectivity index (χ1n) is 9.26. The Labute approximate surface area is 180 Å². The zero-order chi connectivity index (χ0) is 21.2. The minimum absolute atomic E-state index is 0.0804. The number of ether oxygens (including phenoxy) is 2. The quantitative estimate of drug-likeness (QED) is 0.294. The second-order valence-electron chi connectivity index (χ2n) is 6.09. The Morgan fingerprint density at radius 1 is 1.14 bits per heavy atom. The van der Waals surface area contributed by atoms with Gasteiger partial charge in [0, 0.05) is 5.02 Å². The van der Waals surface area contributed by atoms with E-state index in [0.717, 1.165) is 12.8 Å². The Bertz CT molecular complexity index is 936. The molecule has 5 nitrogen and oxygen atoms in total. The summed E-state index contributed by atoms with van der Waals surface area (Å²) in [6.07, 6.45) is 3.45. The van der Waals surface area contributed by atoms with Gasteiger partial charge in [-0.15, -0.1) is 0 Å². The lowest BCUT2D eigenvalue weighted by Crippen LogP contribution is -2.13. The van der Waals surface area contributed by atoms with Crippen molar-refractivity contribution >= 4 is 40.9 Å². The molecule has 0 bridgehead atoms. The summed E-state index contributed by atoms with van der Waals surface area (Å²) in [6.45, 7) is 5.03. The van der Waals surface area contributed by atoms with Gasteiger partial charge in [-0.1, -0.05) is 42.6 Å². The molecule has 0 spiro atoms. The molecule has 0 heterocycles. The van der Waals surface area contributed by atoms with Crippen molar-refractivity contribution in [1.29, 1.82) is 5.26 Å². The van der Waals surface area contributed by atoms with E-state index in [2.05, 4.69) is 12.2 Å². The molecule has 0 aromatic heterocycles. The zero-order valence-corrected chi connectivity index (χ0v) is 17.8. The number of hydrogen-bond acceptors (Lipinski definition) is 4. The Morgan fingerprint density at radius 3 is 2.62 bits per heavy atom. The summed E-state index contributed by atoms with van der Waals surface area (Å²) in [5.74, 6) is 0.608. The number of hydrogen-bond donors (Lipinski definition) is 1. The minimum Gasteiger partial charge on any atom is -0.490 e. The van der Waals surface area contributed by atoms with E-state index < -0.39 is 5.91 Å². The van der Waals surface area contributed by atoms with Crippen molar-refractivity contribution in [1.82, 2.24) is 0 Å². The summed E-state index contributed by atoms with van der Waals surface area (Å²) in [5, 5.41) is 12.8. The van der Waals surface area contributed by atoms with Crippen LogP contribution in [0.3, 0.4) is 0 Å². The van der Waals surface area contributed by atoms with Crippen molar-refractivity contribution in [2.24, 2.45) is 0 Å². The highest BCUT2D eigenvalue weighted by Gasteiger charge is 2.13. The molecule has 0 fully saturated rings. The molecule has 152 valence electrons. The largest absolute Gasteiger partial charge is 0.490 e. The molecular weight excluding hydrogens is 411 g/mol. The topological polar surface area (TPSA) is 71.3 Å². The molecule has 0 radical (unpaired) electrons. The molecule has 0 atom stereocenters. The molecule has 29 heavy (non-hydrogen) atoms. The predicted octanol–water partition coefficient (Wildman–Crippen LogP) is 6.12. The van der Waals surface area contributed by atoms with Crippen LogP contribution in [-0.2, 0) is 4.79 Å². The summed E-state index contributed by atoms with van der Waals surface area (Å²) in [6, 6.07) is 11.9. The maximum absolute atomic E-state index is 12.5. The van der Waals surface area contributed by atoms with Crippen LogP contribution in [0.2, 0.25) is 10.0 Å². The van der Waals surface area contributed by atoms with E-state index >= 15 is 0 Å². The lowest BCUT2D eigenvalue weighted by atomic mass is 10.1. The summed E-state index contributed by atoms with van der Waals surface area (Å²) in [4.78, 5) is 12.5. The fraction of sp³-hybridized carbons (Fsp3) is 0.273. The molecule has 7 heteroatoms. The number of carbonyl (C=O) groups excluding carboxylic acids is 1. The van der Waals surface area contributed by atoms with Gasteiger partial charge in [0.25, 0.3) is 5.91 Å². The van der Waals surface area contributed by atoms with E-state index in [1.54, 1.807) is 30.3 Å². The molecule has 0 saturated carbocycles. The lowest BCUT2D eigenvalue weighted by molar-refractivity contribution is -0.112. The van der Waals surface area contributed by atoms with E-state index in [-0.39, 0.29) is 5.57 Å². The van der Waals surface area contributed by atoms with Gasteiger partial charge >= 0.3 is 0 Å². The first kappa shape index (κ1) is 22.6. The molecule has 0 aliphatic rings. The second kappa shape index (κ2) is 11.4. The number of nitriles is 1. The monoisotopic (exact) mass is 432 g/mol. The van der Waals surface area contributed by atoms with Crippen molar-refractivity contribution in [2.45, 2.75) is 26.7 Å². The maximum atomic E-state index is 12.5. The zero-order valence-electron chi connectivity index (χ0n) is 16.3. The average Bonchev–Trinajstić information content (AvgIpc) is 2.70. The summed E-state index contributed by atoms with van der Waals surface area (Å²) >= 11 is 12.0. The second-order valence-corrected chi connectivity index (χ2v) is 6.93. The molecule has 1 N–H and O–H groups in total. The van der Waals surface area contributed by atoms with Crippen molar-refractivity contribution in [3.05, 3.63) is 57.6 Å². The van der Waals surface area contributed by atoms with E-state index in [1.807, 2.05) is 13.0 Å². The first-order chi connectivity index (χ1) is 14.0. The van der Waals surface area contributed by atoms with Crippen LogP contribution in [0.25, 0.3) is 6.08 Å². The van der Waals surface area contributed by atoms with E-state index in [1.165, 1.54) is 12.1 Å². The third kappa shape index (κ3) is 6.70. The third-order valence-corrected chi connectivity index (χ3v) is 4.44. The molecule has 2 aromatic rings. The van der Waals surface area contributed by atoms with Gasteiger partial charge in [0.2, 0.25) is 0 Å². The number of unbranched alkanes of at least 4 members (excludes halogenated alkanes) is 1. The van der Waals surface area contributed by atoms with Crippen LogP contribution in [0.5, 0.6) is 11.5 Å². The van der Waals surface area contributed by atoms with Gasteiger partial charge in [-0.3, -0.25) is 4.79 Å². The van der Waals surface area contributed by atoms with E-state index in [0.29, 0.717) is 46.0 Å². The smallest absolute Gasteiger partial charge is 0.266 e. The molecule has 0 unspecified atom stereocenters. The van der Waals surface area contributed by atoms with Crippen molar-refractivity contribution in [3.63, 3.8) is 0 Å². The minimum atomic E-state index is -0.585. The molecule has 0 aliphatic carbocycles. The molecule has 0 saturated heterocycles. The van der Waals surface area contributed by atoms with Crippen molar-refractivity contribution in [2.75, 3.05) is 18.5 Å². The standard InChI is InChI=1S/C22H22Cl2N2O3/c1-3-5-10-29-20-9-6-15(12-21(20)28-4-2)11-16(14-25)22(27)26-19-13-17(23)7-8-18(19)24/h6-9,11-13H,3-5,10H2,1-2H3,(H,26,27)/b16-11+. The van der Waals surface area contributed by atoms with Crippen molar-refractivity contribution < 1.29 is 14.3 Å². The van der Waals surface area contributed by atoms with Crippen LogP contribution in [0.1, 0.15) is 32.3 Å². The average molecular weight is 433 g/mol. The molecule has 0 aliphatic heterocycles. The molecule has 1 amide bonds. The van der Waals surface area contributed by atoms with Gasteiger partial charge in [0.05, 0.1) is 23.9 Å². The van der Waals surface area contributed by atoms with Crippen molar-refractivity contribution in [3.8, 4) is 17.6 Å². The number of amides is 1. The fourth-order valence-electron chi connectivity index (χ4n) is 2.43. The SMILES string of the molecule is CCCCOc1ccc(/C=C(\C#N)C(=O)Nc2cc(Cl)ccc2Cl)cc1OCC. The number of nitrogens with one attached hydrogen (secondary N) is 1. The van der Waals surface area contributed by atoms with Gasteiger partial charge in [-0.2, -0.15) is 5.26 Å². The molecule has 2 aromatic carbocycles. The van der Waals surface area contributed by atoms with Crippen LogP contribution >= 0.6 is 23.2 Å². The lowest BCUT2D eigenvalue weighted by Gasteiger charge is -2.12. The van der Waals surface area contributed by atoms with Crippen LogP contribution in [0.15, 0.2) is 42.0 Å². The third-order valence-electron chi connectivity index (χ3n) is 3.88. The van der Waals surface area contributed by atoms with Crippen LogP contribution in [0.4, 0.5) is 5.69 Å². The maximum Gasteiger partial charge on any atom is 0.266 e. The Morgan fingerprint density at radius 2 is 1.93 bits per heavy atom. The van der Waals surface area contributed by atoms with Gasteiger partial charge in [0.1, 0.15) is 11.6 Å². The number of halogens is 2. The number of benzene rings is 2. The highest BCUT2D eigenvalue weighted by atomic mass is 35.5. The van der Waals surface area contributed by atoms with Gasteiger partial charge < -0.3 is 14.8 Å². The van der Waals surface area contributed by atoms with Crippen LogP contribution in [0, 0.1) is 11.3 Å². The van der Waals surface area contributed by atoms with Crippen LogP contribution in [-0.4, -0.2) is 19.1 Å². The first-order valence-corrected chi connectivity index (χ1v) is 10.0. The Balaban J connectivity index is 2.24. The van der Waals surface area contributed by atoms with Gasteiger partial charge in [-0.05, 0) is 55.3 Å². The van der Waals surface area contributed by atoms with Gasteiger partial charge in [-0.25, -0.2) is 0 Å². The highest BCUT2D eigenvalue weighted by Crippen LogP contribution is 2.30. The Hall–Kier alpha value is -2.68. The highest BCUT2D eigenvalue weighted by molar-refractivity contribution is 6.36. The number of carbonyl (C=O) groups is 1. The fourth-order valence-corrected chi connectivity index (χ4v) is 2.76. The predicted molar refractivity (Wildman–Crippen MR) is 117 cm³/mol. The molecule has 2 rings (SSSR count).